The molecule has 0 atom stereocenters. The predicted molar refractivity (Wildman–Crippen MR) is 114 cm³/mol. The summed E-state index contributed by atoms with van der Waals surface area (Å²) in [6, 6.07) is 10.8. The summed E-state index contributed by atoms with van der Waals surface area (Å²) < 4.78 is 31.5. The maximum atomic E-state index is 12.5. The van der Waals surface area contributed by atoms with E-state index in [0.29, 0.717) is 17.1 Å². The molecule has 28 heavy (non-hydrogen) atoms. The third-order valence-corrected chi connectivity index (χ3v) is 5.19. The van der Waals surface area contributed by atoms with Crippen molar-refractivity contribution in [1.82, 2.24) is 0 Å². The lowest BCUT2D eigenvalue weighted by Gasteiger charge is -2.26. The first kappa shape index (κ1) is 21.8. The Labute approximate surface area is 167 Å². The summed E-state index contributed by atoms with van der Waals surface area (Å²) in [4.78, 5) is 12.5. The molecule has 6 nitrogen and oxygen atoms in total. The van der Waals surface area contributed by atoms with Crippen molar-refractivity contribution in [3.63, 3.8) is 0 Å². The van der Waals surface area contributed by atoms with Gasteiger partial charge in [-0.1, -0.05) is 17.7 Å². The Kier molecular flexibility index (Phi) is 6.72. The summed E-state index contributed by atoms with van der Waals surface area (Å²) in [6.07, 6.45) is 1.17. The van der Waals surface area contributed by atoms with Crippen molar-refractivity contribution in [2.45, 2.75) is 40.7 Å². The average molecular weight is 405 g/mol. The monoisotopic (exact) mass is 404 g/mol. The molecule has 0 spiro atoms. The minimum atomic E-state index is -3.63. The normalized spacial score (nSPS) is 11.4. The fourth-order valence-electron chi connectivity index (χ4n) is 3.15. The van der Waals surface area contributed by atoms with Gasteiger partial charge < -0.3 is 10.1 Å². The topological polar surface area (TPSA) is 75.7 Å². The number of nitrogens with zero attached hydrogens (tertiary/aromatic N) is 1. The van der Waals surface area contributed by atoms with Gasteiger partial charge in [-0.3, -0.25) is 9.10 Å². The zero-order valence-corrected chi connectivity index (χ0v) is 18.1. The molecule has 0 unspecified atom stereocenters. The number of benzene rings is 2. The average Bonchev–Trinajstić information content (AvgIpc) is 2.53. The number of carbonyl (C=O) groups is 1. The van der Waals surface area contributed by atoms with Crippen molar-refractivity contribution in [3.05, 3.63) is 53.1 Å². The highest BCUT2D eigenvalue weighted by molar-refractivity contribution is 7.92. The highest BCUT2D eigenvalue weighted by atomic mass is 32.2. The number of ether oxygens (including phenoxy) is 1. The van der Waals surface area contributed by atoms with E-state index in [1.807, 2.05) is 46.8 Å². The van der Waals surface area contributed by atoms with Crippen LogP contribution < -0.4 is 14.4 Å². The number of sulfonamides is 1. The van der Waals surface area contributed by atoms with Crippen LogP contribution in [-0.4, -0.2) is 33.2 Å². The van der Waals surface area contributed by atoms with Crippen molar-refractivity contribution < 1.29 is 17.9 Å². The zero-order chi connectivity index (χ0) is 21.1. The van der Waals surface area contributed by atoms with Gasteiger partial charge in [-0.2, -0.15) is 0 Å². The number of carbonyl (C=O) groups excluding carboxylic acids is 1. The lowest BCUT2D eigenvalue weighted by atomic mass is 10.1. The van der Waals surface area contributed by atoms with Crippen molar-refractivity contribution in [1.29, 1.82) is 0 Å². The van der Waals surface area contributed by atoms with E-state index in [2.05, 4.69) is 5.32 Å². The second kappa shape index (κ2) is 8.65. The second-order valence-electron chi connectivity index (χ2n) is 7.26. The molecule has 2 aromatic carbocycles. The molecule has 0 fully saturated rings. The van der Waals surface area contributed by atoms with Crippen LogP contribution in [0.5, 0.6) is 5.75 Å². The summed E-state index contributed by atoms with van der Waals surface area (Å²) in [6.45, 7) is 9.22. The lowest BCUT2D eigenvalue weighted by Crippen LogP contribution is -2.38. The van der Waals surface area contributed by atoms with Crippen molar-refractivity contribution in [2.75, 3.05) is 22.4 Å². The first-order valence-electron chi connectivity index (χ1n) is 9.09. The molecule has 1 amide bonds. The van der Waals surface area contributed by atoms with E-state index in [1.165, 1.54) is 0 Å². The van der Waals surface area contributed by atoms with E-state index in [-0.39, 0.29) is 12.6 Å². The van der Waals surface area contributed by atoms with E-state index in [0.717, 1.165) is 27.3 Å². The summed E-state index contributed by atoms with van der Waals surface area (Å²) in [5.74, 6) is 0.291. The van der Waals surface area contributed by atoms with E-state index < -0.39 is 15.9 Å². The number of nitrogens with one attached hydrogen (secondary N) is 1. The Morgan fingerprint density at radius 1 is 1.07 bits per heavy atom. The van der Waals surface area contributed by atoms with Gasteiger partial charge in [0, 0.05) is 5.69 Å². The second-order valence-corrected chi connectivity index (χ2v) is 9.16. The first-order valence-corrected chi connectivity index (χ1v) is 10.9. The highest BCUT2D eigenvalue weighted by Gasteiger charge is 2.24. The van der Waals surface area contributed by atoms with Crippen LogP contribution in [0.25, 0.3) is 0 Å². The number of hydrogen-bond acceptors (Lipinski definition) is 4. The minimum absolute atomic E-state index is 0.0600. The number of rotatable bonds is 7. The third-order valence-electron chi connectivity index (χ3n) is 4.08. The third kappa shape index (κ3) is 5.73. The van der Waals surface area contributed by atoms with Gasteiger partial charge in [0.1, 0.15) is 12.3 Å². The maximum Gasteiger partial charge on any atom is 0.245 e. The van der Waals surface area contributed by atoms with Crippen LogP contribution >= 0.6 is 0 Å². The summed E-state index contributed by atoms with van der Waals surface area (Å²) in [5, 5.41) is 2.74. The molecule has 1 N–H and O–H groups in total. The van der Waals surface area contributed by atoms with Gasteiger partial charge >= 0.3 is 0 Å². The Bertz CT molecular complexity index is 928. The summed E-state index contributed by atoms with van der Waals surface area (Å²) >= 11 is 0. The van der Waals surface area contributed by atoms with Gasteiger partial charge in [-0.15, -0.1) is 0 Å². The molecule has 152 valence electrons. The SMILES string of the molecule is Cc1cc(C)c(N(CC(=O)Nc2ccc(OC(C)C)cc2)S(C)(=O)=O)c(C)c1. The van der Waals surface area contributed by atoms with Crippen molar-refractivity contribution in [3.8, 4) is 5.75 Å². The van der Waals surface area contributed by atoms with Crippen LogP contribution in [0.3, 0.4) is 0 Å². The van der Waals surface area contributed by atoms with Gasteiger partial charge in [0.25, 0.3) is 0 Å². The standard InChI is InChI=1S/C21H28N2O4S/c1-14(2)27-19-9-7-18(8-10-19)22-20(24)13-23(28(6,25)26)21-16(4)11-15(3)12-17(21)5/h7-12,14H,13H2,1-6H3,(H,22,24). The predicted octanol–water partition coefficient (Wildman–Crippen LogP) is 3.80. The van der Waals surface area contributed by atoms with Crippen LogP contribution in [0.15, 0.2) is 36.4 Å². The van der Waals surface area contributed by atoms with Crippen LogP contribution in [0.2, 0.25) is 0 Å². The molecule has 0 heterocycles. The van der Waals surface area contributed by atoms with Crippen LogP contribution in [0, 0.1) is 20.8 Å². The summed E-state index contributed by atoms with van der Waals surface area (Å²) in [5.41, 5.74) is 3.79. The smallest absolute Gasteiger partial charge is 0.245 e. The fourth-order valence-corrected chi connectivity index (χ4v) is 4.12. The molecule has 0 aromatic heterocycles. The van der Waals surface area contributed by atoms with Gasteiger partial charge in [0.15, 0.2) is 0 Å². The Hall–Kier alpha value is -2.54. The van der Waals surface area contributed by atoms with Crippen molar-refractivity contribution in [2.24, 2.45) is 0 Å². The van der Waals surface area contributed by atoms with E-state index >= 15 is 0 Å². The number of anilines is 2. The molecule has 7 heteroatoms. The number of hydrogen-bond donors (Lipinski definition) is 1. The zero-order valence-electron chi connectivity index (χ0n) is 17.2. The van der Waals surface area contributed by atoms with Gasteiger partial charge in [0.05, 0.1) is 18.0 Å². The summed E-state index contributed by atoms with van der Waals surface area (Å²) in [7, 11) is -3.63. The molecule has 0 saturated carbocycles. The molecule has 0 aliphatic carbocycles. The molecule has 2 rings (SSSR count). The molecule has 0 saturated heterocycles. The Balaban J connectivity index is 2.21. The maximum absolute atomic E-state index is 12.5. The molecule has 0 aliphatic rings. The van der Waals surface area contributed by atoms with Crippen LogP contribution in [-0.2, 0) is 14.8 Å². The molecule has 2 aromatic rings. The van der Waals surface area contributed by atoms with E-state index in [4.69, 9.17) is 4.74 Å². The molecular weight excluding hydrogens is 376 g/mol. The van der Waals surface area contributed by atoms with Gasteiger partial charge in [-0.25, -0.2) is 8.42 Å². The number of aryl methyl sites for hydroxylation is 3. The quantitative estimate of drug-likeness (QED) is 0.761. The number of amides is 1. The van der Waals surface area contributed by atoms with Crippen LogP contribution in [0.1, 0.15) is 30.5 Å². The van der Waals surface area contributed by atoms with Gasteiger partial charge in [-0.05, 0) is 70.0 Å². The first-order chi connectivity index (χ1) is 13.0. The van der Waals surface area contributed by atoms with E-state index in [9.17, 15) is 13.2 Å². The Morgan fingerprint density at radius 3 is 2.07 bits per heavy atom. The largest absolute Gasteiger partial charge is 0.491 e. The highest BCUT2D eigenvalue weighted by Crippen LogP contribution is 2.28. The molecule has 0 bridgehead atoms. The molecule has 0 radical (unpaired) electrons. The molecule has 0 aliphatic heterocycles. The van der Waals surface area contributed by atoms with Crippen molar-refractivity contribution >= 4 is 27.3 Å². The van der Waals surface area contributed by atoms with Crippen LogP contribution in [0.4, 0.5) is 11.4 Å². The molecular formula is C21H28N2O4S. The van der Waals surface area contributed by atoms with E-state index in [1.54, 1.807) is 24.3 Å². The minimum Gasteiger partial charge on any atom is -0.491 e. The lowest BCUT2D eigenvalue weighted by molar-refractivity contribution is -0.114. The van der Waals surface area contributed by atoms with Gasteiger partial charge in [0.2, 0.25) is 15.9 Å². The Morgan fingerprint density at radius 2 is 1.61 bits per heavy atom. The fraction of sp³-hybridized carbons (Fsp3) is 0.381.